The Balaban J connectivity index is 2.45. The lowest BCUT2D eigenvalue weighted by atomic mass is 10.1. The number of nitrogens with zero attached hydrogens (tertiary/aromatic N) is 2. The molecule has 0 unspecified atom stereocenters. The van der Waals surface area contributed by atoms with E-state index in [0.717, 1.165) is 11.0 Å². The normalized spacial score (nSPS) is 10.9. The number of hydrogen-bond donors (Lipinski definition) is 1. The molecule has 1 amide bonds. The van der Waals surface area contributed by atoms with E-state index in [9.17, 15) is 23.1 Å². The molecule has 7 heteroatoms. The third-order valence-corrected chi connectivity index (χ3v) is 3.16. The first-order valence-electron chi connectivity index (χ1n) is 6.48. The highest BCUT2D eigenvalue weighted by Gasteiger charge is 2.34. The third kappa shape index (κ3) is 3.80. The molecule has 0 heterocycles. The Hall–Kier alpha value is -3.01. The van der Waals surface area contributed by atoms with Crippen LogP contribution in [-0.4, -0.2) is 11.2 Å². The Morgan fingerprint density at radius 3 is 2.35 bits per heavy atom. The number of hydrogen-bond acceptors (Lipinski definition) is 2. The van der Waals surface area contributed by atoms with E-state index in [0.29, 0.717) is 11.6 Å². The molecule has 0 aliphatic heterocycles. The predicted octanol–water partition coefficient (Wildman–Crippen LogP) is 4.26. The van der Waals surface area contributed by atoms with Crippen LogP contribution < -0.4 is 4.90 Å². The molecule has 0 atom stereocenters. The van der Waals surface area contributed by atoms with Crippen LogP contribution in [0, 0.1) is 11.3 Å². The lowest BCUT2D eigenvalue weighted by molar-refractivity contribution is -0.137. The zero-order chi connectivity index (χ0) is 17.0. The molecule has 0 aliphatic carbocycles. The SMILES string of the molecule is N#Cc1ccc(N(Cc2ccccc2)C(=O)O)cc1C(F)(F)F. The van der Waals surface area contributed by atoms with E-state index in [2.05, 4.69) is 0 Å². The molecule has 118 valence electrons. The number of benzene rings is 2. The first-order valence-corrected chi connectivity index (χ1v) is 6.48. The largest absolute Gasteiger partial charge is 0.465 e. The van der Waals surface area contributed by atoms with Crippen molar-refractivity contribution in [2.24, 2.45) is 0 Å². The molecule has 4 nitrogen and oxygen atoms in total. The second-order valence-corrected chi connectivity index (χ2v) is 4.69. The minimum Gasteiger partial charge on any atom is -0.465 e. The standard InChI is InChI=1S/C16H11F3N2O2/c17-16(18,19)14-8-13(7-6-12(14)9-20)21(15(22)23)10-11-4-2-1-3-5-11/h1-8H,10H2,(H,22,23). The summed E-state index contributed by atoms with van der Waals surface area (Å²) in [6.07, 6.45) is -6.12. The highest BCUT2D eigenvalue weighted by Crippen LogP contribution is 2.34. The Kier molecular flexibility index (Phi) is 4.55. The van der Waals surface area contributed by atoms with Gasteiger partial charge in [-0.05, 0) is 23.8 Å². The van der Waals surface area contributed by atoms with Crippen molar-refractivity contribution in [3.63, 3.8) is 0 Å². The van der Waals surface area contributed by atoms with Crippen LogP contribution >= 0.6 is 0 Å². The molecule has 0 fully saturated rings. The van der Waals surface area contributed by atoms with Gasteiger partial charge >= 0.3 is 12.3 Å². The number of rotatable bonds is 3. The summed E-state index contributed by atoms with van der Waals surface area (Å²) in [5.74, 6) is 0. The quantitative estimate of drug-likeness (QED) is 0.919. The van der Waals surface area contributed by atoms with E-state index in [1.54, 1.807) is 30.3 Å². The zero-order valence-electron chi connectivity index (χ0n) is 11.7. The molecule has 2 rings (SSSR count). The summed E-state index contributed by atoms with van der Waals surface area (Å²) in [6, 6.07) is 12.8. The number of alkyl halides is 3. The molecule has 23 heavy (non-hydrogen) atoms. The summed E-state index contributed by atoms with van der Waals surface area (Å²) < 4.78 is 39.0. The summed E-state index contributed by atoms with van der Waals surface area (Å²) in [5.41, 5.74) is -1.22. The van der Waals surface area contributed by atoms with Crippen LogP contribution in [0.1, 0.15) is 16.7 Å². The van der Waals surface area contributed by atoms with E-state index >= 15 is 0 Å². The Labute approximate surface area is 130 Å². The second kappa shape index (κ2) is 6.40. The maximum Gasteiger partial charge on any atom is 0.417 e. The van der Waals surface area contributed by atoms with Crippen molar-refractivity contribution in [1.82, 2.24) is 0 Å². The maximum absolute atomic E-state index is 13.0. The van der Waals surface area contributed by atoms with Crippen molar-refractivity contribution < 1.29 is 23.1 Å². The first-order chi connectivity index (χ1) is 10.8. The van der Waals surface area contributed by atoms with Crippen molar-refractivity contribution in [3.05, 3.63) is 65.2 Å². The highest BCUT2D eigenvalue weighted by molar-refractivity contribution is 5.86. The maximum atomic E-state index is 13.0. The lowest BCUT2D eigenvalue weighted by Crippen LogP contribution is -2.29. The fraction of sp³-hybridized carbons (Fsp3) is 0.125. The van der Waals surface area contributed by atoms with Gasteiger partial charge in [-0.3, -0.25) is 4.90 Å². The van der Waals surface area contributed by atoms with Crippen molar-refractivity contribution in [1.29, 1.82) is 5.26 Å². The number of halogens is 3. The smallest absolute Gasteiger partial charge is 0.417 e. The minimum absolute atomic E-state index is 0.0978. The Bertz CT molecular complexity index is 752. The van der Waals surface area contributed by atoms with Gasteiger partial charge in [0, 0.05) is 5.69 Å². The summed E-state index contributed by atoms with van der Waals surface area (Å²) in [4.78, 5) is 12.2. The summed E-state index contributed by atoms with van der Waals surface area (Å²) in [7, 11) is 0. The Morgan fingerprint density at radius 1 is 1.17 bits per heavy atom. The van der Waals surface area contributed by atoms with Gasteiger partial charge in [0.05, 0.1) is 23.7 Å². The number of carboxylic acid groups (broad SMARTS) is 1. The van der Waals surface area contributed by atoms with E-state index < -0.39 is 23.4 Å². The number of carbonyl (C=O) groups is 1. The summed E-state index contributed by atoms with van der Waals surface area (Å²) in [5, 5.41) is 18.1. The third-order valence-electron chi connectivity index (χ3n) is 3.16. The van der Waals surface area contributed by atoms with E-state index in [4.69, 9.17) is 5.26 Å². The van der Waals surface area contributed by atoms with Gasteiger partial charge in [0.1, 0.15) is 0 Å². The van der Waals surface area contributed by atoms with Crippen LogP contribution in [0.5, 0.6) is 0 Å². The summed E-state index contributed by atoms with van der Waals surface area (Å²) >= 11 is 0. The van der Waals surface area contributed by atoms with Crippen LogP contribution in [0.25, 0.3) is 0 Å². The van der Waals surface area contributed by atoms with Crippen molar-refractivity contribution in [2.75, 3.05) is 4.90 Å². The van der Waals surface area contributed by atoms with Gasteiger partial charge in [-0.1, -0.05) is 30.3 Å². The van der Waals surface area contributed by atoms with Gasteiger partial charge in [0.25, 0.3) is 0 Å². The van der Waals surface area contributed by atoms with E-state index in [1.807, 2.05) is 0 Å². The van der Waals surface area contributed by atoms with Crippen molar-refractivity contribution in [3.8, 4) is 6.07 Å². The van der Waals surface area contributed by atoms with Crippen LogP contribution in [0.3, 0.4) is 0 Å². The Morgan fingerprint density at radius 2 is 1.83 bits per heavy atom. The molecular weight excluding hydrogens is 309 g/mol. The molecule has 0 aromatic heterocycles. The van der Waals surface area contributed by atoms with E-state index in [1.165, 1.54) is 12.1 Å². The minimum atomic E-state index is -4.74. The molecule has 0 saturated carbocycles. The average Bonchev–Trinajstić information content (AvgIpc) is 2.52. The number of nitriles is 1. The summed E-state index contributed by atoms with van der Waals surface area (Å²) in [6.45, 7) is -0.0978. The molecular formula is C16H11F3N2O2. The van der Waals surface area contributed by atoms with Gasteiger partial charge in [-0.15, -0.1) is 0 Å². The predicted molar refractivity (Wildman–Crippen MR) is 76.8 cm³/mol. The fourth-order valence-electron chi connectivity index (χ4n) is 2.07. The zero-order valence-corrected chi connectivity index (χ0v) is 11.7. The van der Waals surface area contributed by atoms with Crippen LogP contribution in [0.4, 0.5) is 23.7 Å². The molecule has 0 saturated heterocycles. The molecule has 2 aromatic rings. The van der Waals surface area contributed by atoms with Gasteiger partial charge in [-0.25, -0.2) is 4.79 Å². The van der Waals surface area contributed by atoms with E-state index in [-0.39, 0.29) is 12.2 Å². The molecule has 2 aromatic carbocycles. The van der Waals surface area contributed by atoms with Crippen molar-refractivity contribution >= 4 is 11.8 Å². The van der Waals surface area contributed by atoms with Crippen LogP contribution in [0.2, 0.25) is 0 Å². The molecule has 1 N–H and O–H groups in total. The van der Waals surface area contributed by atoms with Gasteiger partial charge in [0.15, 0.2) is 0 Å². The molecule has 0 aliphatic rings. The number of amides is 1. The van der Waals surface area contributed by atoms with Gasteiger partial charge in [0.2, 0.25) is 0 Å². The lowest BCUT2D eigenvalue weighted by Gasteiger charge is -2.21. The number of anilines is 1. The van der Waals surface area contributed by atoms with Gasteiger partial charge in [-0.2, -0.15) is 18.4 Å². The first kappa shape index (κ1) is 16.4. The molecule has 0 radical (unpaired) electrons. The van der Waals surface area contributed by atoms with Crippen molar-refractivity contribution in [2.45, 2.75) is 12.7 Å². The van der Waals surface area contributed by atoms with Gasteiger partial charge < -0.3 is 5.11 Å². The topological polar surface area (TPSA) is 64.3 Å². The monoisotopic (exact) mass is 320 g/mol. The average molecular weight is 320 g/mol. The fourth-order valence-corrected chi connectivity index (χ4v) is 2.07. The molecule has 0 bridgehead atoms. The molecule has 0 spiro atoms. The second-order valence-electron chi connectivity index (χ2n) is 4.69. The van der Waals surface area contributed by atoms with Crippen LogP contribution in [-0.2, 0) is 12.7 Å². The van der Waals surface area contributed by atoms with Crippen LogP contribution in [0.15, 0.2) is 48.5 Å². The highest BCUT2D eigenvalue weighted by atomic mass is 19.4.